The minimum absolute atomic E-state index is 0.293. The first kappa shape index (κ1) is 18.5. The third-order valence-electron chi connectivity index (χ3n) is 5.79. The number of hydrogen-bond donors (Lipinski definition) is 1. The van der Waals surface area contributed by atoms with Gasteiger partial charge in [-0.05, 0) is 42.0 Å². The van der Waals surface area contributed by atoms with Gasteiger partial charge in [-0.1, -0.05) is 67.8 Å². The Bertz CT molecular complexity index is 1050. The van der Waals surface area contributed by atoms with E-state index in [-0.39, 0.29) is 11.2 Å². The van der Waals surface area contributed by atoms with Crippen molar-refractivity contribution in [2.75, 3.05) is 0 Å². The predicted octanol–water partition coefficient (Wildman–Crippen LogP) is 4.61. The summed E-state index contributed by atoms with van der Waals surface area (Å²) < 4.78 is 1.61. The standard InChI is InChI=1S/C24H26N2O2/c1-17-16-26(24(28)25-23(17)27)15-9-3-2-4-10-18-19-11-5-7-13-21(19)22-14-8-6-12-20(18)22/h5-8,11-14,16,18H,2-4,9-10,15H2,1H3,(H,25,27,28). The van der Waals surface area contributed by atoms with Crippen LogP contribution in [0.4, 0.5) is 0 Å². The Morgan fingerprint density at radius 3 is 2.14 bits per heavy atom. The molecule has 0 unspecified atom stereocenters. The Morgan fingerprint density at radius 2 is 1.46 bits per heavy atom. The molecule has 0 aliphatic heterocycles. The van der Waals surface area contributed by atoms with E-state index in [2.05, 4.69) is 53.5 Å². The fourth-order valence-electron chi connectivity index (χ4n) is 4.34. The molecule has 0 saturated carbocycles. The van der Waals surface area contributed by atoms with Gasteiger partial charge in [-0.15, -0.1) is 0 Å². The van der Waals surface area contributed by atoms with Crippen LogP contribution in [0.2, 0.25) is 0 Å². The molecule has 1 aromatic heterocycles. The topological polar surface area (TPSA) is 54.9 Å². The first-order valence-corrected chi connectivity index (χ1v) is 10.1. The van der Waals surface area contributed by atoms with E-state index in [1.807, 2.05) is 0 Å². The van der Waals surface area contributed by atoms with Gasteiger partial charge in [0.05, 0.1) is 0 Å². The molecule has 0 fully saturated rings. The second-order valence-corrected chi connectivity index (χ2v) is 7.69. The van der Waals surface area contributed by atoms with E-state index in [1.165, 1.54) is 28.7 Å². The maximum Gasteiger partial charge on any atom is 0.328 e. The number of unbranched alkanes of at least 4 members (excludes halogenated alkanes) is 3. The van der Waals surface area contributed by atoms with E-state index >= 15 is 0 Å². The van der Waals surface area contributed by atoms with Gasteiger partial charge in [0, 0.05) is 24.2 Å². The average Bonchev–Trinajstić information content (AvgIpc) is 3.02. The Hall–Kier alpha value is -2.88. The zero-order chi connectivity index (χ0) is 19.5. The molecule has 3 aromatic rings. The van der Waals surface area contributed by atoms with Crippen LogP contribution in [-0.4, -0.2) is 9.55 Å². The highest BCUT2D eigenvalue weighted by Crippen LogP contribution is 2.46. The van der Waals surface area contributed by atoms with Crippen molar-refractivity contribution >= 4 is 0 Å². The SMILES string of the molecule is Cc1cn(CCCCCCC2c3ccccc3-c3ccccc32)c(=O)[nH]c1=O. The van der Waals surface area contributed by atoms with Gasteiger partial charge in [-0.2, -0.15) is 0 Å². The highest BCUT2D eigenvalue weighted by molar-refractivity contribution is 5.78. The molecule has 28 heavy (non-hydrogen) atoms. The summed E-state index contributed by atoms with van der Waals surface area (Å²) in [4.78, 5) is 25.6. The van der Waals surface area contributed by atoms with Gasteiger partial charge in [0.2, 0.25) is 0 Å². The van der Waals surface area contributed by atoms with Gasteiger partial charge in [-0.3, -0.25) is 9.78 Å². The molecule has 0 atom stereocenters. The average molecular weight is 374 g/mol. The lowest BCUT2D eigenvalue weighted by Gasteiger charge is -2.13. The summed E-state index contributed by atoms with van der Waals surface area (Å²) >= 11 is 0. The van der Waals surface area contributed by atoms with Gasteiger partial charge in [0.25, 0.3) is 5.56 Å². The van der Waals surface area contributed by atoms with Crippen molar-refractivity contribution in [2.24, 2.45) is 0 Å². The summed E-state index contributed by atoms with van der Waals surface area (Å²) in [7, 11) is 0. The summed E-state index contributed by atoms with van der Waals surface area (Å²) in [5, 5.41) is 0. The molecule has 2 aromatic carbocycles. The minimum Gasteiger partial charge on any atom is -0.300 e. The van der Waals surface area contributed by atoms with E-state index in [4.69, 9.17) is 0 Å². The van der Waals surface area contributed by atoms with Crippen LogP contribution in [-0.2, 0) is 6.54 Å². The molecular formula is C24H26N2O2. The molecule has 4 rings (SSSR count). The molecule has 1 aliphatic carbocycles. The highest BCUT2D eigenvalue weighted by atomic mass is 16.2. The second kappa shape index (κ2) is 8.01. The number of aryl methyl sites for hydroxylation is 2. The molecule has 0 spiro atoms. The molecular weight excluding hydrogens is 348 g/mol. The van der Waals surface area contributed by atoms with E-state index in [0.717, 1.165) is 25.7 Å². The van der Waals surface area contributed by atoms with Crippen molar-refractivity contribution in [1.29, 1.82) is 0 Å². The lowest BCUT2D eigenvalue weighted by molar-refractivity contribution is 0.534. The Labute approximate surface area is 164 Å². The van der Waals surface area contributed by atoms with Crippen LogP contribution in [0, 0.1) is 6.92 Å². The maximum absolute atomic E-state index is 11.8. The monoisotopic (exact) mass is 374 g/mol. The van der Waals surface area contributed by atoms with E-state index < -0.39 is 0 Å². The van der Waals surface area contributed by atoms with Gasteiger partial charge >= 0.3 is 5.69 Å². The van der Waals surface area contributed by atoms with Gasteiger partial charge in [-0.25, -0.2) is 4.79 Å². The normalized spacial score (nSPS) is 12.8. The number of nitrogens with one attached hydrogen (secondary N) is 1. The van der Waals surface area contributed by atoms with Crippen LogP contribution in [0.15, 0.2) is 64.3 Å². The zero-order valence-electron chi connectivity index (χ0n) is 16.3. The number of rotatable bonds is 7. The van der Waals surface area contributed by atoms with Crippen LogP contribution in [0.25, 0.3) is 11.1 Å². The summed E-state index contributed by atoms with van der Waals surface area (Å²) in [5.41, 5.74) is 5.66. The van der Waals surface area contributed by atoms with Crippen LogP contribution in [0.5, 0.6) is 0 Å². The number of fused-ring (bicyclic) bond motifs is 3. The van der Waals surface area contributed by atoms with Gasteiger partial charge in [0.1, 0.15) is 0 Å². The number of aromatic nitrogens is 2. The molecule has 4 heteroatoms. The molecule has 0 radical (unpaired) electrons. The van der Waals surface area contributed by atoms with Crippen LogP contribution >= 0.6 is 0 Å². The van der Waals surface area contributed by atoms with Crippen LogP contribution in [0.1, 0.15) is 54.7 Å². The summed E-state index contributed by atoms with van der Waals surface area (Å²) in [6.07, 6.45) is 7.17. The second-order valence-electron chi connectivity index (χ2n) is 7.69. The molecule has 0 saturated heterocycles. The van der Waals surface area contributed by atoms with Crippen molar-refractivity contribution in [3.05, 3.63) is 92.3 Å². The van der Waals surface area contributed by atoms with Crippen molar-refractivity contribution in [3.63, 3.8) is 0 Å². The van der Waals surface area contributed by atoms with Crippen molar-refractivity contribution in [2.45, 2.75) is 51.5 Å². The van der Waals surface area contributed by atoms with Gasteiger partial charge in [0.15, 0.2) is 0 Å². The van der Waals surface area contributed by atoms with Crippen LogP contribution in [0.3, 0.4) is 0 Å². The number of hydrogen-bond acceptors (Lipinski definition) is 2. The Balaban J connectivity index is 1.31. The van der Waals surface area contributed by atoms with Crippen molar-refractivity contribution in [1.82, 2.24) is 9.55 Å². The van der Waals surface area contributed by atoms with Crippen molar-refractivity contribution < 1.29 is 0 Å². The van der Waals surface area contributed by atoms with Gasteiger partial charge < -0.3 is 4.57 Å². The molecule has 0 bridgehead atoms. The fourth-order valence-corrected chi connectivity index (χ4v) is 4.34. The maximum atomic E-state index is 11.8. The largest absolute Gasteiger partial charge is 0.328 e. The molecule has 4 nitrogen and oxygen atoms in total. The Kier molecular flexibility index (Phi) is 5.29. The molecule has 1 N–H and O–H groups in total. The van der Waals surface area contributed by atoms with E-state index in [9.17, 15) is 9.59 Å². The highest BCUT2D eigenvalue weighted by Gasteiger charge is 2.27. The lowest BCUT2D eigenvalue weighted by atomic mass is 9.91. The van der Waals surface area contributed by atoms with Crippen LogP contribution < -0.4 is 11.2 Å². The summed E-state index contributed by atoms with van der Waals surface area (Å²) in [5.74, 6) is 0.497. The summed E-state index contributed by atoms with van der Waals surface area (Å²) in [6.45, 7) is 2.39. The van der Waals surface area contributed by atoms with E-state index in [0.29, 0.717) is 18.0 Å². The first-order valence-electron chi connectivity index (χ1n) is 10.1. The third kappa shape index (κ3) is 3.59. The first-order chi connectivity index (χ1) is 13.6. The predicted molar refractivity (Wildman–Crippen MR) is 113 cm³/mol. The fraction of sp³-hybridized carbons (Fsp3) is 0.333. The molecule has 1 heterocycles. The number of H-pyrrole nitrogens is 1. The lowest BCUT2D eigenvalue weighted by Crippen LogP contribution is -2.30. The number of aromatic amines is 1. The molecule has 1 aliphatic rings. The quantitative estimate of drug-likeness (QED) is 0.614. The number of benzene rings is 2. The van der Waals surface area contributed by atoms with Crippen molar-refractivity contribution in [3.8, 4) is 11.1 Å². The van der Waals surface area contributed by atoms with E-state index in [1.54, 1.807) is 17.7 Å². The Morgan fingerprint density at radius 1 is 0.857 bits per heavy atom. The minimum atomic E-state index is -0.310. The molecule has 0 amide bonds. The molecule has 144 valence electrons. The number of nitrogens with zero attached hydrogens (tertiary/aromatic N) is 1. The third-order valence-corrected chi connectivity index (χ3v) is 5.79. The smallest absolute Gasteiger partial charge is 0.300 e. The zero-order valence-corrected chi connectivity index (χ0v) is 16.3. The summed E-state index contributed by atoms with van der Waals surface area (Å²) in [6, 6.07) is 17.5.